The number of ether oxygens (including phenoxy) is 2. The predicted molar refractivity (Wildman–Crippen MR) is 132 cm³/mol. The minimum Gasteiger partial charge on any atom is -0.488 e. The molecule has 202 valence electrons. The number of imidazole rings is 1. The molecule has 9 nitrogen and oxygen atoms in total. The molecule has 2 aromatic heterocycles. The van der Waals surface area contributed by atoms with Crippen molar-refractivity contribution >= 4 is 11.6 Å². The number of aryl methyl sites for hydroxylation is 2. The number of nitrogens with zero attached hydrogens (tertiary/aromatic N) is 5. The number of alkyl halides is 3. The fraction of sp³-hybridized carbons (Fsp3) is 0.462. The lowest BCUT2D eigenvalue weighted by atomic mass is 9.90. The molecule has 5 rings (SSSR count). The van der Waals surface area contributed by atoms with E-state index in [2.05, 4.69) is 14.9 Å². The van der Waals surface area contributed by atoms with Crippen LogP contribution in [-0.4, -0.2) is 45.3 Å². The summed E-state index contributed by atoms with van der Waals surface area (Å²) in [5.41, 5.74) is 0.324. The second kappa shape index (κ2) is 10.9. The van der Waals surface area contributed by atoms with E-state index in [1.54, 1.807) is 22.9 Å². The number of halogens is 3. The molecule has 1 fully saturated rings. The van der Waals surface area contributed by atoms with Crippen LogP contribution >= 0.6 is 0 Å². The molecule has 1 unspecified atom stereocenters. The highest BCUT2D eigenvalue weighted by molar-refractivity contribution is 5.41. The molecule has 0 radical (unpaired) electrons. The van der Waals surface area contributed by atoms with Gasteiger partial charge in [-0.1, -0.05) is 12.1 Å². The molecule has 0 amide bonds. The summed E-state index contributed by atoms with van der Waals surface area (Å²) in [5.74, 6) is 1.79. The summed E-state index contributed by atoms with van der Waals surface area (Å²) in [6, 6.07) is 9.49. The van der Waals surface area contributed by atoms with E-state index < -0.39 is 16.7 Å². The summed E-state index contributed by atoms with van der Waals surface area (Å²) in [5, 5.41) is 10.9. The quantitative estimate of drug-likeness (QED) is 0.288. The van der Waals surface area contributed by atoms with E-state index in [0.29, 0.717) is 24.6 Å². The fourth-order valence-corrected chi connectivity index (χ4v) is 4.85. The molecule has 0 saturated carbocycles. The molecule has 4 heterocycles. The normalized spacial score (nSPS) is 18.1. The Morgan fingerprint density at radius 3 is 2.50 bits per heavy atom. The van der Waals surface area contributed by atoms with Crippen LogP contribution < -0.4 is 14.4 Å². The molecule has 0 spiro atoms. The lowest BCUT2D eigenvalue weighted by Crippen LogP contribution is -2.34. The number of hydrogen-bond donors (Lipinski definition) is 0. The first kappa shape index (κ1) is 25.8. The Labute approximate surface area is 217 Å². The molecule has 38 heavy (non-hydrogen) atoms. The lowest BCUT2D eigenvalue weighted by Gasteiger charge is -2.33. The molecule has 3 aromatic rings. The maximum atomic E-state index is 12.7. The third-order valence-electron chi connectivity index (χ3n) is 7.10. The highest BCUT2D eigenvalue weighted by atomic mass is 19.4. The Morgan fingerprint density at radius 1 is 1.08 bits per heavy atom. The van der Waals surface area contributed by atoms with Crippen molar-refractivity contribution in [2.24, 2.45) is 5.92 Å². The first-order valence-corrected chi connectivity index (χ1v) is 12.6. The molecule has 0 aliphatic carbocycles. The number of piperidine rings is 1. The Kier molecular flexibility index (Phi) is 7.39. The first-order chi connectivity index (χ1) is 18.2. The summed E-state index contributed by atoms with van der Waals surface area (Å²) >= 11 is 0. The van der Waals surface area contributed by atoms with Crippen molar-refractivity contribution in [3.63, 3.8) is 0 Å². The Hall–Kier alpha value is -3.83. The molecule has 0 N–H and O–H groups in total. The largest absolute Gasteiger partial charge is 0.488 e. The average Bonchev–Trinajstić information content (AvgIpc) is 3.35. The van der Waals surface area contributed by atoms with Gasteiger partial charge >= 0.3 is 18.0 Å². The van der Waals surface area contributed by atoms with Gasteiger partial charge in [-0.15, -0.1) is 0 Å². The van der Waals surface area contributed by atoms with Gasteiger partial charge in [0.1, 0.15) is 30.5 Å². The van der Waals surface area contributed by atoms with Crippen LogP contribution in [0.1, 0.15) is 36.8 Å². The van der Waals surface area contributed by atoms with E-state index in [1.807, 2.05) is 12.1 Å². The summed E-state index contributed by atoms with van der Waals surface area (Å²) in [6.07, 6.45) is 2.89. The molecule has 12 heteroatoms. The average molecular weight is 532 g/mol. The molecule has 2 aliphatic rings. The Bertz CT molecular complexity index is 1240. The number of rotatable bonds is 8. The van der Waals surface area contributed by atoms with Crippen molar-refractivity contribution in [2.75, 3.05) is 24.6 Å². The third kappa shape index (κ3) is 6.17. The SMILES string of the molecule is O=[N+]([O-])c1cn2c(n1)OC(COc1ccc(N3CCC(CCc4ccc(C(F)(F)F)cc4)CC3)nc1)CC2. The second-order valence-electron chi connectivity index (χ2n) is 9.69. The van der Waals surface area contributed by atoms with Gasteiger partial charge in [-0.2, -0.15) is 13.2 Å². The number of fused-ring (bicyclic) bond motifs is 1. The lowest BCUT2D eigenvalue weighted by molar-refractivity contribution is -0.389. The summed E-state index contributed by atoms with van der Waals surface area (Å²) in [6.45, 7) is 2.60. The molecule has 1 saturated heterocycles. The Balaban J connectivity index is 1.04. The van der Waals surface area contributed by atoms with Crippen LogP contribution in [0.15, 0.2) is 48.8 Å². The number of anilines is 1. The molecule has 1 aromatic carbocycles. The van der Waals surface area contributed by atoms with Gasteiger partial charge in [0.15, 0.2) is 0 Å². The standard InChI is InChI=1S/C26H28F3N5O4/c27-26(28,29)20-5-3-18(4-6-20)1-2-19-9-12-32(13-10-19)23-8-7-21(15-30-23)37-17-22-11-14-33-16-24(34(35)36)31-25(33)38-22/h3-8,15-16,19,22H,1-2,9-14,17H2. The van der Waals surface area contributed by atoms with Gasteiger partial charge in [-0.05, 0) is 66.4 Å². The highest BCUT2D eigenvalue weighted by Gasteiger charge is 2.30. The summed E-state index contributed by atoms with van der Waals surface area (Å²) < 4.78 is 51.4. The summed E-state index contributed by atoms with van der Waals surface area (Å²) in [4.78, 5) is 21.0. The van der Waals surface area contributed by atoms with Gasteiger partial charge in [0, 0.05) is 31.0 Å². The van der Waals surface area contributed by atoms with E-state index in [1.165, 1.54) is 6.20 Å². The van der Waals surface area contributed by atoms with Crippen LogP contribution in [0.25, 0.3) is 0 Å². The zero-order valence-corrected chi connectivity index (χ0v) is 20.6. The third-order valence-corrected chi connectivity index (χ3v) is 7.10. The van der Waals surface area contributed by atoms with Crippen LogP contribution in [0.2, 0.25) is 0 Å². The number of pyridine rings is 1. The molecular weight excluding hydrogens is 503 g/mol. The van der Waals surface area contributed by atoms with Crippen molar-refractivity contribution in [3.05, 3.63) is 70.0 Å². The minimum absolute atomic E-state index is 0.229. The van der Waals surface area contributed by atoms with Crippen molar-refractivity contribution in [3.8, 4) is 11.8 Å². The van der Waals surface area contributed by atoms with Crippen molar-refractivity contribution in [1.29, 1.82) is 0 Å². The maximum absolute atomic E-state index is 12.7. The number of hydrogen-bond acceptors (Lipinski definition) is 7. The molecule has 2 aliphatic heterocycles. The van der Waals surface area contributed by atoms with E-state index in [0.717, 1.165) is 62.3 Å². The molecule has 1 atom stereocenters. The second-order valence-corrected chi connectivity index (χ2v) is 9.69. The predicted octanol–water partition coefficient (Wildman–Crippen LogP) is 5.28. The van der Waals surface area contributed by atoms with Gasteiger partial charge in [-0.3, -0.25) is 4.57 Å². The van der Waals surface area contributed by atoms with Crippen molar-refractivity contribution < 1.29 is 27.6 Å². The fourth-order valence-electron chi connectivity index (χ4n) is 4.85. The van der Waals surface area contributed by atoms with Crippen LogP contribution in [0.5, 0.6) is 11.8 Å². The van der Waals surface area contributed by atoms with E-state index in [4.69, 9.17) is 9.47 Å². The first-order valence-electron chi connectivity index (χ1n) is 12.6. The van der Waals surface area contributed by atoms with Crippen molar-refractivity contribution in [2.45, 2.75) is 50.9 Å². The summed E-state index contributed by atoms with van der Waals surface area (Å²) in [7, 11) is 0. The number of nitro groups is 1. The topological polar surface area (TPSA) is 95.5 Å². The minimum atomic E-state index is -4.30. The zero-order valence-electron chi connectivity index (χ0n) is 20.6. The van der Waals surface area contributed by atoms with Gasteiger partial charge in [0.2, 0.25) is 0 Å². The van der Waals surface area contributed by atoms with Crippen LogP contribution in [0, 0.1) is 16.0 Å². The van der Waals surface area contributed by atoms with Crippen molar-refractivity contribution in [1.82, 2.24) is 14.5 Å². The van der Waals surface area contributed by atoms with E-state index in [-0.39, 0.29) is 24.5 Å². The highest BCUT2D eigenvalue weighted by Crippen LogP contribution is 2.30. The maximum Gasteiger partial charge on any atom is 0.416 e. The zero-order chi connectivity index (χ0) is 26.7. The van der Waals surface area contributed by atoms with E-state index >= 15 is 0 Å². The van der Waals surface area contributed by atoms with Crippen LogP contribution in [0.4, 0.5) is 24.8 Å². The molecular formula is C26H28F3N5O4. The van der Waals surface area contributed by atoms with Gasteiger partial charge in [0.25, 0.3) is 0 Å². The van der Waals surface area contributed by atoms with E-state index in [9.17, 15) is 23.3 Å². The Morgan fingerprint density at radius 2 is 1.84 bits per heavy atom. The van der Waals surface area contributed by atoms with Crippen LogP contribution in [-0.2, 0) is 19.1 Å². The number of aromatic nitrogens is 3. The van der Waals surface area contributed by atoms with Gasteiger partial charge in [0.05, 0.1) is 11.8 Å². The van der Waals surface area contributed by atoms with Crippen LogP contribution in [0.3, 0.4) is 0 Å². The van der Waals surface area contributed by atoms with Gasteiger partial charge in [-0.25, -0.2) is 4.98 Å². The van der Waals surface area contributed by atoms with Gasteiger partial charge < -0.3 is 24.5 Å². The number of benzene rings is 1. The molecule has 0 bridgehead atoms. The smallest absolute Gasteiger partial charge is 0.416 e. The monoisotopic (exact) mass is 531 g/mol.